The van der Waals surface area contributed by atoms with Gasteiger partial charge in [0, 0.05) is 32.8 Å². The zero-order chi connectivity index (χ0) is 12.8. The van der Waals surface area contributed by atoms with E-state index in [2.05, 4.69) is 22.5 Å². The van der Waals surface area contributed by atoms with Gasteiger partial charge in [-0.1, -0.05) is 13.3 Å². The Balaban J connectivity index is 3.54. The number of rotatable bonds is 10. The van der Waals surface area contributed by atoms with Crippen LogP contribution in [0, 0.1) is 0 Å². The Hall–Kier alpha value is -0.810. The van der Waals surface area contributed by atoms with Crippen molar-refractivity contribution >= 4 is 5.96 Å². The average molecular weight is 245 g/mol. The van der Waals surface area contributed by atoms with Crippen LogP contribution in [0.2, 0.25) is 0 Å². The van der Waals surface area contributed by atoms with Crippen LogP contribution >= 0.6 is 0 Å². The Morgan fingerprint density at radius 1 is 1.18 bits per heavy atom. The summed E-state index contributed by atoms with van der Waals surface area (Å²) in [6, 6.07) is 0. The second kappa shape index (κ2) is 13.3. The normalized spacial score (nSPS) is 11.6. The van der Waals surface area contributed by atoms with Crippen LogP contribution in [-0.4, -0.2) is 50.5 Å². The quantitative estimate of drug-likeness (QED) is 0.302. The van der Waals surface area contributed by atoms with E-state index in [9.17, 15) is 0 Å². The second-order valence-electron chi connectivity index (χ2n) is 3.73. The molecule has 0 fully saturated rings. The lowest BCUT2D eigenvalue weighted by atomic mass is 10.4. The molecule has 0 atom stereocenters. The highest BCUT2D eigenvalue weighted by atomic mass is 16.5. The van der Waals surface area contributed by atoms with Crippen molar-refractivity contribution in [3.63, 3.8) is 0 Å². The van der Waals surface area contributed by atoms with Crippen LogP contribution in [0.1, 0.15) is 33.1 Å². The molecule has 0 aromatic carbocycles. The standard InChI is InChI=1S/C12H27N3O2/c1-3-5-10-17-11-6-7-14-12(13-4-2)15-8-9-16/h16H,3-11H2,1-2H3,(H2,13,14,15). The third-order valence-electron chi connectivity index (χ3n) is 2.11. The Bertz CT molecular complexity index is 187. The van der Waals surface area contributed by atoms with Gasteiger partial charge in [-0.2, -0.15) is 0 Å². The lowest BCUT2D eigenvalue weighted by molar-refractivity contribution is 0.130. The molecule has 0 unspecified atom stereocenters. The van der Waals surface area contributed by atoms with Crippen LogP contribution in [0.4, 0.5) is 0 Å². The first-order chi connectivity index (χ1) is 8.35. The van der Waals surface area contributed by atoms with Gasteiger partial charge in [0.1, 0.15) is 0 Å². The molecule has 17 heavy (non-hydrogen) atoms. The number of guanidine groups is 1. The molecule has 0 saturated heterocycles. The molecule has 0 aliphatic carbocycles. The Morgan fingerprint density at radius 3 is 2.59 bits per heavy atom. The van der Waals surface area contributed by atoms with Crippen LogP contribution < -0.4 is 10.6 Å². The van der Waals surface area contributed by atoms with Crippen molar-refractivity contribution in [2.45, 2.75) is 33.1 Å². The molecule has 0 amide bonds. The molecule has 0 bridgehead atoms. The summed E-state index contributed by atoms with van der Waals surface area (Å²) in [5.41, 5.74) is 0. The smallest absolute Gasteiger partial charge is 0.191 e. The molecule has 102 valence electrons. The van der Waals surface area contributed by atoms with Crippen molar-refractivity contribution in [3.8, 4) is 0 Å². The van der Waals surface area contributed by atoms with E-state index in [1.165, 1.54) is 6.42 Å². The maximum absolute atomic E-state index is 8.71. The fourth-order valence-electron chi connectivity index (χ4n) is 1.22. The van der Waals surface area contributed by atoms with E-state index in [4.69, 9.17) is 9.84 Å². The van der Waals surface area contributed by atoms with E-state index in [1.54, 1.807) is 0 Å². The molecule has 0 aliphatic heterocycles. The number of nitrogens with zero attached hydrogens (tertiary/aromatic N) is 1. The molecule has 3 N–H and O–H groups in total. The van der Waals surface area contributed by atoms with Gasteiger partial charge in [0.15, 0.2) is 5.96 Å². The summed E-state index contributed by atoms with van der Waals surface area (Å²) in [4.78, 5) is 4.37. The number of unbranched alkanes of at least 4 members (excludes halogenated alkanes) is 1. The molecule has 0 radical (unpaired) electrons. The monoisotopic (exact) mass is 245 g/mol. The Labute approximate surface area is 105 Å². The minimum absolute atomic E-state index is 0.116. The maximum atomic E-state index is 8.71. The first-order valence-corrected chi connectivity index (χ1v) is 6.55. The van der Waals surface area contributed by atoms with Crippen LogP contribution in [-0.2, 0) is 4.74 Å². The van der Waals surface area contributed by atoms with Crippen molar-refractivity contribution in [2.24, 2.45) is 4.99 Å². The van der Waals surface area contributed by atoms with Gasteiger partial charge >= 0.3 is 0 Å². The van der Waals surface area contributed by atoms with Gasteiger partial charge in [0.05, 0.1) is 6.61 Å². The molecule has 0 aromatic heterocycles. The fraction of sp³-hybridized carbons (Fsp3) is 0.917. The molecular weight excluding hydrogens is 218 g/mol. The van der Waals surface area contributed by atoms with E-state index in [0.717, 1.165) is 45.1 Å². The predicted molar refractivity (Wildman–Crippen MR) is 71.4 cm³/mol. The van der Waals surface area contributed by atoms with E-state index in [0.29, 0.717) is 6.54 Å². The van der Waals surface area contributed by atoms with Crippen LogP contribution in [0.3, 0.4) is 0 Å². The lowest BCUT2D eigenvalue weighted by Gasteiger charge is -2.09. The molecule has 5 nitrogen and oxygen atoms in total. The largest absolute Gasteiger partial charge is 0.395 e. The summed E-state index contributed by atoms with van der Waals surface area (Å²) in [6.45, 7) is 8.00. The molecule has 0 heterocycles. The van der Waals surface area contributed by atoms with Crippen molar-refractivity contribution in [1.82, 2.24) is 10.6 Å². The van der Waals surface area contributed by atoms with Gasteiger partial charge in [0.25, 0.3) is 0 Å². The van der Waals surface area contributed by atoms with Crippen LogP contribution in [0.15, 0.2) is 4.99 Å². The van der Waals surface area contributed by atoms with Crippen molar-refractivity contribution in [2.75, 3.05) is 39.5 Å². The van der Waals surface area contributed by atoms with Crippen molar-refractivity contribution in [3.05, 3.63) is 0 Å². The number of ether oxygens (including phenoxy) is 1. The summed E-state index contributed by atoms with van der Waals surface area (Å²) in [5, 5.41) is 14.9. The number of hydrogen-bond donors (Lipinski definition) is 3. The lowest BCUT2D eigenvalue weighted by Crippen LogP contribution is -2.38. The third-order valence-corrected chi connectivity index (χ3v) is 2.11. The van der Waals surface area contributed by atoms with Gasteiger partial charge in [-0.15, -0.1) is 0 Å². The average Bonchev–Trinajstić information content (AvgIpc) is 2.34. The number of aliphatic hydroxyl groups excluding tert-OH is 1. The first-order valence-electron chi connectivity index (χ1n) is 6.55. The van der Waals surface area contributed by atoms with E-state index < -0.39 is 0 Å². The van der Waals surface area contributed by atoms with Gasteiger partial charge in [-0.05, 0) is 19.8 Å². The fourth-order valence-corrected chi connectivity index (χ4v) is 1.22. The van der Waals surface area contributed by atoms with Gasteiger partial charge in [-0.25, -0.2) is 0 Å². The molecule has 0 saturated carbocycles. The molecule has 0 aliphatic rings. The molecule has 0 aromatic rings. The minimum atomic E-state index is 0.116. The number of aliphatic imine (C=N–C) groups is 1. The van der Waals surface area contributed by atoms with Gasteiger partial charge in [-0.3, -0.25) is 4.99 Å². The van der Waals surface area contributed by atoms with Crippen molar-refractivity contribution < 1.29 is 9.84 Å². The van der Waals surface area contributed by atoms with E-state index >= 15 is 0 Å². The van der Waals surface area contributed by atoms with E-state index in [1.807, 2.05) is 6.92 Å². The summed E-state index contributed by atoms with van der Waals surface area (Å²) in [5.74, 6) is 0.759. The third kappa shape index (κ3) is 11.5. The number of hydrogen-bond acceptors (Lipinski definition) is 3. The minimum Gasteiger partial charge on any atom is -0.395 e. The summed E-state index contributed by atoms with van der Waals surface area (Å²) >= 11 is 0. The summed E-state index contributed by atoms with van der Waals surface area (Å²) in [7, 11) is 0. The van der Waals surface area contributed by atoms with E-state index in [-0.39, 0.29) is 6.61 Å². The highest BCUT2D eigenvalue weighted by Crippen LogP contribution is 1.90. The highest BCUT2D eigenvalue weighted by Gasteiger charge is 1.95. The molecular formula is C12H27N3O2. The number of nitrogens with one attached hydrogen (secondary N) is 2. The van der Waals surface area contributed by atoms with Gasteiger partial charge in [0.2, 0.25) is 0 Å². The molecule has 0 spiro atoms. The Kier molecular flexibility index (Phi) is 12.6. The topological polar surface area (TPSA) is 65.9 Å². The van der Waals surface area contributed by atoms with Gasteiger partial charge < -0.3 is 20.5 Å². The Morgan fingerprint density at radius 2 is 1.94 bits per heavy atom. The zero-order valence-electron chi connectivity index (χ0n) is 11.2. The number of aliphatic hydroxyl groups is 1. The van der Waals surface area contributed by atoms with Crippen molar-refractivity contribution in [1.29, 1.82) is 0 Å². The molecule has 5 heteroatoms. The van der Waals surface area contributed by atoms with Crippen LogP contribution in [0.5, 0.6) is 0 Å². The predicted octanol–water partition coefficient (Wildman–Crippen LogP) is 0.741. The zero-order valence-corrected chi connectivity index (χ0v) is 11.2. The second-order valence-corrected chi connectivity index (χ2v) is 3.73. The summed E-state index contributed by atoms with van der Waals surface area (Å²) in [6.07, 6.45) is 3.23. The summed E-state index contributed by atoms with van der Waals surface area (Å²) < 4.78 is 5.45. The first kappa shape index (κ1) is 16.2. The molecule has 0 rings (SSSR count). The SMILES string of the molecule is CCCCOCCCN=C(NCC)NCCO. The maximum Gasteiger partial charge on any atom is 0.191 e. The van der Waals surface area contributed by atoms with Crippen LogP contribution in [0.25, 0.3) is 0 Å². The highest BCUT2D eigenvalue weighted by molar-refractivity contribution is 5.79.